The van der Waals surface area contributed by atoms with Crippen LogP contribution in [0.3, 0.4) is 0 Å². The molecule has 3 aromatic rings. The number of nitrogens with zero attached hydrogens (tertiary/aromatic N) is 4. The second-order valence-electron chi connectivity index (χ2n) is 6.98. The zero-order valence-electron chi connectivity index (χ0n) is 15.6. The Morgan fingerprint density at radius 1 is 1.15 bits per heavy atom. The smallest absolute Gasteiger partial charge is 0.202 e. The van der Waals surface area contributed by atoms with Gasteiger partial charge in [-0.3, -0.25) is 4.90 Å². The second-order valence-corrected chi connectivity index (χ2v) is 8.67. The van der Waals surface area contributed by atoms with Crippen LogP contribution >= 0.6 is 22.9 Å². The molecule has 4 rings (SSSR count). The Bertz CT molecular complexity index is 837. The molecule has 0 spiro atoms. The Kier molecular flexibility index (Phi) is 6.11. The van der Waals surface area contributed by atoms with Crippen LogP contribution in [0.1, 0.15) is 30.5 Å². The van der Waals surface area contributed by atoms with Crippen molar-refractivity contribution in [1.82, 2.24) is 19.2 Å². The summed E-state index contributed by atoms with van der Waals surface area (Å²) in [4.78, 5) is 11.9. The molecule has 0 unspecified atom stereocenters. The van der Waals surface area contributed by atoms with Gasteiger partial charge in [-0.15, -0.1) is 11.3 Å². The highest BCUT2D eigenvalue weighted by Crippen LogP contribution is 2.23. The molecule has 1 N–H and O–H groups in total. The number of likely N-dealkylation sites (tertiary alicyclic amines) is 1. The maximum atomic E-state index is 4.70. The van der Waals surface area contributed by atoms with E-state index in [0.717, 1.165) is 49.1 Å². The Labute approximate surface area is 168 Å². The highest BCUT2D eigenvalue weighted by Gasteiger charge is 2.20. The van der Waals surface area contributed by atoms with E-state index < -0.39 is 0 Å². The van der Waals surface area contributed by atoms with Crippen molar-refractivity contribution in [1.29, 1.82) is 0 Å². The van der Waals surface area contributed by atoms with Crippen LogP contribution in [0.15, 0.2) is 35.7 Å². The van der Waals surface area contributed by atoms with Crippen molar-refractivity contribution in [3.8, 4) is 11.4 Å². The van der Waals surface area contributed by atoms with Crippen molar-refractivity contribution in [2.75, 3.05) is 25.0 Å². The molecule has 1 aliphatic rings. The number of anilines is 1. The fourth-order valence-corrected chi connectivity index (χ4v) is 4.72. The number of nitrogens with one attached hydrogen (secondary N) is 1. The van der Waals surface area contributed by atoms with Crippen LogP contribution in [0.2, 0.25) is 0 Å². The van der Waals surface area contributed by atoms with E-state index in [0.29, 0.717) is 5.92 Å². The Balaban J connectivity index is 1.22. The Morgan fingerprint density at radius 3 is 2.70 bits per heavy atom. The van der Waals surface area contributed by atoms with Gasteiger partial charge in [0.05, 0.1) is 10.7 Å². The summed E-state index contributed by atoms with van der Waals surface area (Å²) in [6, 6.07) is 10.1. The van der Waals surface area contributed by atoms with E-state index in [1.54, 1.807) is 11.3 Å². The molecular formula is C20H25N5S2. The molecular weight excluding hydrogens is 374 g/mol. The lowest BCUT2D eigenvalue weighted by Gasteiger charge is -2.31. The number of hydrogen-bond donors (Lipinski definition) is 1. The third kappa shape index (κ3) is 4.91. The van der Waals surface area contributed by atoms with Gasteiger partial charge >= 0.3 is 0 Å². The Hall–Kier alpha value is -1.83. The van der Waals surface area contributed by atoms with E-state index in [-0.39, 0.29) is 0 Å². The lowest BCUT2D eigenvalue weighted by molar-refractivity contribution is 0.181. The highest BCUT2D eigenvalue weighted by atomic mass is 32.1. The summed E-state index contributed by atoms with van der Waals surface area (Å²) in [6.45, 7) is 6.44. The molecule has 1 aliphatic heterocycles. The first kappa shape index (κ1) is 18.5. The zero-order valence-corrected chi connectivity index (χ0v) is 17.2. The largest absolute Gasteiger partial charge is 0.360 e. The van der Waals surface area contributed by atoms with Gasteiger partial charge in [0.1, 0.15) is 0 Å². The summed E-state index contributed by atoms with van der Waals surface area (Å²) in [5.74, 6) is 1.51. The SMILES string of the molecule is CCc1nc(CN2CCC(CNc3nc(-c4ccccc4)ns3)CC2)cs1. The summed E-state index contributed by atoms with van der Waals surface area (Å²) < 4.78 is 4.47. The standard InChI is InChI=1S/C20H25N5S2/c1-2-18-22-17(14-26-18)13-25-10-8-15(9-11-25)12-21-20-23-19(24-27-20)16-6-4-3-5-7-16/h3-7,14-15H,2,8-13H2,1H3,(H,21,23,24). The fraction of sp³-hybridized carbons (Fsp3) is 0.450. The zero-order chi connectivity index (χ0) is 18.5. The minimum absolute atomic E-state index is 0.701. The number of rotatable bonds is 7. The summed E-state index contributed by atoms with van der Waals surface area (Å²) in [5, 5.41) is 7.88. The number of hydrogen-bond acceptors (Lipinski definition) is 7. The molecule has 0 saturated carbocycles. The van der Waals surface area contributed by atoms with Gasteiger partial charge in [-0.05, 0) is 38.3 Å². The lowest BCUT2D eigenvalue weighted by Crippen LogP contribution is -2.35. The highest BCUT2D eigenvalue weighted by molar-refractivity contribution is 7.10. The van der Waals surface area contributed by atoms with Crippen molar-refractivity contribution in [3.05, 3.63) is 46.4 Å². The van der Waals surface area contributed by atoms with Crippen LogP contribution in [0.25, 0.3) is 11.4 Å². The molecule has 3 heterocycles. The van der Waals surface area contributed by atoms with E-state index in [2.05, 4.69) is 31.9 Å². The average molecular weight is 400 g/mol. The van der Waals surface area contributed by atoms with Crippen molar-refractivity contribution in [3.63, 3.8) is 0 Å². The molecule has 0 amide bonds. The fourth-order valence-electron chi connectivity index (χ4n) is 3.39. The molecule has 2 aromatic heterocycles. The third-order valence-corrected chi connectivity index (χ3v) is 6.71. The second kappa shape index (κ2) is 8.91. The van der Waals surface area contributed by atoms with Crippen LogP contribution in [0, 0.1) is 5.92 Å². The molecule has 1 saturated heterocycles. The van der Waals surface area contributed by atoms with Gasteiger partial charge in [0, 0.05) is 35.6 Å². The van der Waals surface area contributed by atoms with Gasteiger partial charge in [0.15, 0.2) is 5.82 Å². The van der Waals surface area contributed by atoms with E-state index in [9.17, 15) is 0 Å². The van der Waals surface area contributed by atoms with E-state index >= 15 is 0 Å². The third-order valence-electron chi connectivity index (χ3n) is 4.99. The van der Waals surface area contributed by atoms with Crippen molar-refractivity contribution in [2.45, 2.75) is 32.7 Å². The van der Waals surface area contributed by atoms with E-state index in [1.807, 2.05) is 30.3 Å². The summed E-state index contributed by atoms with van der Waals surface area (Å²) in [5.41, 5.74) is 2.30. The molecule has 5 nitrogen and oxygen atoms in total. The van der Waals surface area contributed by atoms with Crippen LogP contribution in [0.5, 0.6) is 0 Å². The van der Waals surface area contributed by atoms with Crippen LogP contribution in [-0.2, 0) is 13.0 Å². The monoisotopic (exact) mass is 399 g/mol. The van der Waals surface area contributed by atoms with Gasteiger partial charge in [0.2, 0.25) is 5.13 Å². The van der Waals surface area contributed by atoms with Gasteiger partial charge in [-0.25, -0.2) is 4.98 Å². The molecule has 1 fully saturated rings. The molecule has 7 heteroatoms. The summed E-state index contributed by atoms with van der Waals surface area (Å²) in [7, 11) is 0. The number of aryl methyl sites for hydroxylation is 1. The van der Waals surface area contributed by atoms with E-state index in [1.165, 1.54) is 35.1 Å². The number of aromatic nitrogens is 3. The molecule has 0 bridgehead atoms. The number of thiazole rings is 1. The predicted molar refractivity (Wildman–Crippen MR) is 113 cm³/mol. The molecule has 27 heavy (non-hydrogen) atoms. The minimum atomic E-state index is 0.701. The number of benzene rings is 1. The van der Waals surface area contributed by atoms with Gasteiger partial charge in [-0.1, -0.05) is 37.3 Å². The van der Waals surface area contributed by atoms with E-state index in [4.69, 9.17) is 4.98 Å². The van der Waals surface area contributed by atoms with Gasteiger partial charge < -0.3 is 5.32 Å². The molecule has 142 valence electrons. The first-order chi connectivity index (χ1) is 13.3. The van der Waals surface area contributed by atoms with Crippen molar-refractivity contribution < 1.29 is 0 Å². The Morgan fingerprint density at radius 2 is 1.96 bits per heavy atom. The molecule has 1 aromatic carbocycles. The first-order valence-corrected chi connectivity index (χ1v) is 11.2. The molecule has 0 radical (unpaired) electrons. The van der Waals surface area contributed by atoms with Crippen molar-refractivity contribution in [2.24, 2.45) is 5.92 Å². The maximum absolute atomic E-state index is 4.70. The van der Waals surface area contributed by atoms with Gasteiger partial charge in [-0.2, -0.15) is 9.36 Å². The molecule has 0 atom stereocenters. The molecule has 0 aliphatic carbocycles. The van der Waals surface area contributed by atoms with Crippen LogP contribution in [0.4, 0.5) is 5.13 Å². The minimum Gasteiger partial charge on any atom is -0.360 e. The average Bonchev–Trinajstić information content (AvgIpc) is 3.37. The summed E-state index contributed by atoms with van der Waals surface area (Å²) >= 11 is 3.24. The predicted octanol–water partition coefficient (Wildman–Crippen LogP) is 4.55. The van der Waals surface area contributed by atoms with Crippen LogP contribution in [-0.4, -0.2) is 38.9 Å². The number of piperidine rings is 1. The van der Waals surface area contributed by atoms with Crippen LogP contribution < -0.4 is 5.32 Å². The maximum Gasteiger partial charge on any atom is 0.202 e. The summed E-state index contributed by atoms with van der Waals surface area (Å²) in [6.07, 6.45) is 3.49. The topological polar surface area (TPSA) is 53.9 Å². The van der Waals surface area contributed by atoms with Gasteiger partial charge in [0.25, 0.3) is 0 Å². The first-order valence-electron chi connectivity index (χ1n) is 9.59. The lowest BCUT2D eigenvalue weighted by atomic mass is 9.97. The van der Waals surface area contributed by atoms with Crippen molar-refractivity contribution >= 4 is 28.0 Å². The normalized spacial score (nSPS) is 15.9. The quantitative estimate of drug-likeness (QED) is 0.632.